The fraction of sp³-hybridized carbons (Fsp3) is 0.222. The maximum atomic E-state index is 13.1. The molecule has 1 heterocycles. The summed E-state index contributed by atoms with van der Waals surface area (Å²) in [5, 5.41) is 19.4. The van der Waals surface area contributed by atoms with Crippen LogP contribution in [-0.2, 0) is 0 Å². The predicted molar refractivity (Wildman–Crippen MR) is 145 cm³/mol. The molecule has 0 unspecified atom stereocenters. The SMILES string of the molecule is COc1cc(NC(=O)O)cc(Nc2c3cccc(OC)c3nc3c(C(=O)NCCN(C)C)cccc23)c1. The van der Waals surface area contributed by atoms with Crippen LogP contribution in [0.1, 0.15) is 10.4 Å². The van der Waals surface area contributed by atoms with E-state index in [4.69, 9.17) is 14.5 Å². The summed E-state index contributed by atoms with van der Waals surface area (Å²) < 4.78 is 11.0. The summed E-state index contributed by atoms with van der Waals surface area (Å²) in [5.74, 6) is 0.800. The van der Waals surface area contributed by atoms with Crippen LogP contribution >= 0.6 is 0 Å². The molecule has 192 valence electrons. The molecule has 0 aliphatic carbocycles. The molecular formula is C27H29N5O5. The monoisotopic (exact) mass is 503 g/mol. The number of carbonyl (C=O) groups excluding carboxylic acids is 1. The van der Waals surface area contributed by atoms with Gasteiger partial charge in [0.2, 0.25) is 0 Å². The number of nitrogens with one attached hydrogen (secondary N) is 3. The summed E-state index contributed by atoms with van der Waals surface area (Å²) in [5.41, 5.74) is 3.15. The molecular weight excluding hydrogens is 474 g/mol. The number of pyridine rings is 1. The first-order chi connectivity index (χ1) is 17.8. The van der Waals surface area contributed by atoms with Crippen LogP contribution in [0.5, 0.6) is 11.5 Å². The van der Waals surface area contributed by atoms with Crippen molar-refractivity contribution in [2.24, 2.45) is 0 Å². The highest BCUT2D eigenvalue weighted by Crippen LogP contribution is 2.38. The number of carbonyl (C=O) groups is 2. The van der Waals surface area contributed by atoms with E-state index in [-0.39, 0.29) is 5.91 Å². The molecule has 0 bridgehead atoms. The molecule has 1 aromatic heterocycles. The van der Waals surface area contributed by atoms with Gasteiger partial charge in [0.15, 0.2) is 0 Å². The maximum absolute atomic E-state index is 13.1. The van der Waals surface area contributed by atoms with E-state index in [1.165, 1.54) is 7.11 Å². The lowest BCUT2D eigenvalue weighted by Gasteiger charge is -2.17. The van der Waals surface area contributed by atoms with Crippen LogP contribution < -0.4 is 25.4 Å². The van der Waals surface area contributed by atoms with Crippen molar-refractivity contribution in [2.45, 2.75) is 0 Å². The summed E-state index contributed by atoms with van der Waals surface area (Å²) in [6.45, 7) is 1.20. The fourth-order valence-electron chi connectivity index (χ4n) is 4.06. The molecule has 0 aliphatic heterocycles. The molecule has 4 rings (SSSR count). The Balaban J connectivity index is 1.89. The lowest BCUT2D eigenvalue weighted by Crippen LogP contribution is -2.31. The number of ether oxygens (including phenoxy) is 2. The highest BCUT2D eigenvalue weighted by atomic mass is 16.5. The van der Waals surface area contributed by atoms with Gasteiger partial charge >= 0.3 is 6.09 Å². The average molecular weight is 504 g/mol. The minimum atomic E-state index is -1.19. The third kappa shape index (κ3) is 5.65. The van der Waals surface area contributed by atoms with E-state index in [0.717, 1.165) is 10.8 Å². The number of amides is 2. The predicted octanol–water partition coefficient (Wildman–Crippen LogP) is 4.53. The van der Waals surface area contributed by atoms with Gasteiger partial charge in [0, 0.05) is 47.4 Å². The minimum absolute atomic E-state index is 0.227. The zero-order valence-electron chi connectivity index (χ0n) is 21.1. The van der Waals surface area contributed by atoms with E-state index in [2.05, 4.69) is 16.0 Å². The summed E-state index contributed by atoms with van der Waals surface area (Å²) in [6, 6.07) is 16.0. The molecule has 0 radical (unpaired) electrons. The van der Waals surface area contributed by atoms with Crippen molar-refractivity contribution >= 4 is 50.9 Å². The highest BCUT2D eigenvalue weighted by molar-refractivity contribution is 6.15. The van der Waals surface area contributed by atoms with Gasteiger partial charge in [-0.3, -0.25) is 10.1 Å². The van der Waals surface area contributed by atoms with Crippen molar-refractivity contribution < 1.29 is 24.2 Å². The van der Waals surface area contributed by atoms with E-state index in [0.29, 0.717) is 58.2 Å². The Morgan fingerprint density at radius 2 is 1.65 bits per heavy atom. The number of fused-ring (bicyclic) bond motifs is 2. The molecule has 0 spiro atoms. The zero-order valence-corrected chi connectivity index (χ0v) is 21.1. The molecule has 4 N–H and O–H groups in total. The largest absolute Gasteiger partial charge is 0.497 e. The Bertz CT molecular complexity index is 1470. The number of hydrogen-bond acceptors (Lipinski definition) is 7. The second-order valence-corrected chi connectivity index (χ2v) is 8.61. The molecule has 10 nitrogen and oxygen atoms in total. The van der Waals surface area contributed by atoms with Crippen LogP contribution in [0.25, 0.3) is 21.8 Å². The number of methoxy groups -OCH3 is 2. The third-order valence-corrected chi connectivity index (χ3v) is 5.77. The second-order valence-electron chi connectivity index (χ2n) is 8.61. The van der Waals surface area contributed by atoms with Crippen molar-refractivity contribution in [1.82, 2.24) is 15.2 Å². The lowest BCUT2D eigenvalue weighted by atomic mass is 10.0. The topological polar surface area (TPSA) is 125 Å². The number of para-hydroxylation sites is 2. The van der Waals surface area contributed by atoms with E-state index >= 15 is 0 Å². The van der Waals surface area contributed by atoms with Crippen molar-refractivity contribution in [2.75, 3.05) is 52.0 Å². The average Bonchev–Trinajstić information content (AvgIpc) is 2.87. The quantitative estimate of drug-likeness (QED) is 0.246. The molecule has 37 heavy (non-hydrogen) atoms. The smallest absolute Gasteiger partial charge is 0.409 e. The number of likely N-dealkylation sites (N-methyl/N-ethyl adjacent to an activating group) is 1. The van der Waals surface area contributed by atoms with Gasteiger partial charge in [0.1, 0.15) is 17.0 Å². The highest BCUT2D eigenvalue weighted by Gasteiger charge is 2.18. The number of hydrogen-bond donors (Lipinski definition) is 4. The summed E-state index contributed by atoms with van der Waals surface area (Å²) in [7, 11) is 6.96. The Kier molecular flexibility index (Phi) is 7.59. The molecule has 0 fully saturated rings. The van der Waals surface area contributed by atoms with Gasteiger partial charge in [-0.15, -0.1) is 0 Å². The first-order valence-corrected chi connectivity index (χ1v) is 11.6. The molecule has 0 saturated carbocycles. The van der Waals surface area contributed by atoms with Crippen molar-refractivity contribution in [1.29, 1.82) is 0 Å². The lowest BCUT2D eigenvalue weighted by molar-refractivity contribution is 0.0952. The number of anilines is 3. The number of carboxylic acid groups (broad SMARTS) is 1. The van der Waals surface area contributed by atoms with E-state index in [9.17, 15) is 14.7 Å². The Labute approximate surface area is 214 Å². The van der Waals surface area contributed by atoms with Gasteiger partial charge < -0.3 is 30.1 Å². The van der Waals surface area contributed by atoms with Crippen LogP contribution in [0, 0.1) is 0 Å². The molecule has 3 aromatic carbocycles. The third-order valence-electron chi connectivity index (χ3n) is 5.77. The number of aromatic nitrogens is 1. The van der Waals surface area contributed by atoms with E-state index in [1.54, 1.807) is 31.4 Å². The normalized spacial score (nSPS) is 10.9. The molecule has 0 atom stereocenters. The zero-order chi connectivity index (χ0) is 26.5. The second kappa shape index (κ2) is 11.0. The summed E-state index contributed by atoms with van der Waals surface area (Å²) >= 11 is 0. The minimum Gasteiger partial charge on any atom is -0.497 e. The van der Waals surface area contributed by atoms with Gasteiger partial charge in [-0.25, -0.2) is 9.78 Å². The van der Waals surface area contributed by atoms with Crippen LogP contribution in [0.2, 0.25) is 0 Å². The Morgan fingerprint density at radius 1 is 0.946 bits per heavy atom. The van der Waals surface area contributed by atoms with Crippen LogP contribution in [0.3, 0.4) is 0 Å². The van der Waals surface area contributed by atoms with Gasteiger partial charge in [0.05, 0.1) is 31.0 Å². The van der Waals surface area contributed by atoms with Crippen molar-refractivity contribution in [3.63, 3.8) is 0 Å². The molecule has 2 amide bonds. The Hall–Kier alpha value is -4.57. The van der Waals surface area contributed by atoms with Crippen molar-refractivity contribution in [3.8, 4) is 11.5 Å². The van der Waals surface area contributed by atoms with Gasteiger partial charge in [-0.1, -0.05) is 24.3 Å². The van der Waals surface area contributed by atoms with Gasteiger partial charge in [-0.05, 0) is 32.3 Å². The molecule has 10 heteroatoms. The van der Waals surface area contributed by atoms with Crippen molar-refractivity contribution in [3.05, 3.63) is 60.2 Å². The van der Waals surface area contributed by atoms with E-state index < -0.39 is 6.09 Å². The first kappa shape index (κ1) is 25.5. The number of rotatable bonds is 9. The van der Waals surface area contributed by atoms with Crippen LogP contribution in [0.4, 0.5) is 21.9 Å². The van der Waals surface area contributed by atoms with Gasteiger partial charge in [-0.2, -0.15) is 0 Å². The van der Waals surface area contributed by atoms with Crippen LogP contribution in [0.15, 0.2) is 54.6 Å². The summed E-state index contributed by atoms with van der Waals surface area (Å²) in [6.07, 6.45) is -1.19. The Morgan fingerprint density at radius 3 is 2.32 bits per heavy atom. The maximum Gasteiger partial charge on any atom is 0.409 e. The number of nitrogens with zero attached hydrogens (tertiary/aromatic N) is 2. The molecule has 0 aliphatic rings. The number of benzene rings is 3. The first-order valence-electron chi connectivity index (χ1n) is 11.6. The molecule has 4 aromatic rings. The standard InChI is InChI=1S/C27H29N5O5/c1-32(2)12-11-28-26(33)21-9-5-7-19-23(20-8-6-10-22(37-4)25(20)31-24(19)21)29-16-13-17(30-27(34)35)15-18(14-16)36-3/h5-10,13-15,30H,11-12H2,1-4H3,(H,28,33)(H,29,31)(H,34,35). The van der Waals surface area contributed by atoms with Gasteiger partial charge in [0.25, 0.3) is 5.91 Å². The fourth-order valence-corrected chi connectivity index (χ4v) is 4.06. The molecule has 0 saturated heterocycles. The summed E-state index contributed by atoms with van der Waals surface area (Å²) in [4.78, 5) is 31.2. The van der Waals surface area contributed by atoms with E-state index in [1.807, 2.05) is 49.3 Å². The van der Waals surface area contributed by atoms with Crippen LogP contribution in [-0.4, -0.2) is 68.4 Å².